The largest absolute Gasteiger partial charge is 0.390 e. The molecule has 15 heavy (non-hydrogen) atoms. The molecule has 0 aliphatic heterocycles. The second-order valence-electron chi connectivity index (χ2n) is 4.50. The number of allylic oxidation sites excluding steroid dienone is 1. The van der Waals surface area contributed by atoms with E-state index in [1.54, 1.807) is 0 Å². The minimum atomic E-state index is -0.593. The molecule has 0 saturated carbocycles. The lowest BCUT2D eigenvalue weighted by Gasteiger charge is -2.21. The van der Waals surface area contributed by atoms with Crippen LogP contribution in [-0.2, 0) is 6.42 Å². The Labute approximate surface area is 92.5 Å². The van der Waals surface area contributed by atoms with E-state index in [4.69, 9.17) is 0 Å². The molecule has 0 aliphatic carbocycles. The van der Waals surface area contributed by atoms with Gasteiger partial charge in [0.25, 0.3) is 0 Å². The van der Waals surface area contributed by atoms with Gasteiger partial charge in [0.15, 0.2) is 0 Å². The van der Waals surface area contributed by atoms with Crippen LogP contribution in [0.5, 0.6) is 0 Å². The highest BCUT2D eigenvalue weighted by Gasteiger charge is 2.17. The highest BCUT2D eigenvalue weighted by atomic mass is 16.3. The van der Waals surface area contributed by atoms with Crippen LogP contribution in [-0.4, -0.2) is 10.7 Å². The Hall–Kier alpha value is -1.08. The van der Waals surface area contributed by atoms with Crippen LogP contribution in [0.25, 0.3) is 5.57 Å². The van der Waals surface area contributed by atoms with Crippen molar-refractivity contribution in [1.82, 2.24) is 0 Å². The molecule has 1 atom stereocenters. The van der Waals surface area contributed by atoms with Crippen LogP contribution in [0.4, 0.5) is 0 Å². The van der Waals surface area contributed by atoms with Gasteiger partial charge in [0, 0.05) is 6.42 Å². The van der Waals surface area contributed by atoms with Gasteiger partial charge in [-0.2, -0.15) is 0 Å². The highest BCUT2D eigenvalue weighted by Crippen LogP contribution is 2.18. The van der Waals surface area contributed by atoms with Crippen molar-refractivity contribution in [3.8, 4) is 0 Å². The monoisotopic (exact) mass is 204 g/mol. The Morgan fingerprint density at radius 3 is 2.27 bits per heavy atom. The molecule has 0 radical (unpaired) electrons. The highest BCUT2D eigenvalue weighted by molar-refractivity contribution is 5.61. The molecule has 1 heteroatoms. The van der Waals surface area contributed by atoms with E-state index in [0.717, 1.165) is 17.6 Å². The smallest absolute Gasteiger partial charge is 0.0657 e. The van der Waals surface area contributed by atoms with Crippen LogP contribution in [0.2, 0.25) is 0 Å². The molecule has 1 N–H and O–H groups in total. The van der Waals surface area contributed by atoms with Gasteiger partial charge in [0.1, 0.15) is 0 Å². The molecule has 0 bridgehead atoms. The van der Waals surface area contributed by atoms with Crippen LogP contribution in [0, 0.1) is 0 Å². The molecule has 0 aromatic heterocycles. The summed E-state index contributed by atoms with van der Waals surface area (Å²) in [5.41, 5.74) is 2.82. The number of hydrogen-bond donors (Lipinski definition) is 1. The zero-order chi connectivity index (χ0) is 11.5. The van der Waals surface area contributed by atoms with Gasteiger partial charge in [-0.05, 0) is 31.4 Å². The first-order valence-electron chi connectivity index (χ1n) is 5.42. The minimum Gasteiger partial charge on any atom is -0.390 e. The van der Waals surface area contributed by atoms with E-state index in [1.807, 2.05) is 20.8 Å². The van der Waals surface area contributed by atoms with E-state index in [0.29, 0.717) is 6.42 Å². The number of hydrogen-bond acceptors (Lipinski definition) is 1. The molecule has 0 saturated heterocycles. The van der Waals surface area contributed by atoms with Crippen molar-refractivity contribution in [2.75, 3.05) is 0 Å². The van der Waals surface area contributed by atoms with Gasteiger partial charge in [0.2, 0.25) is 0 Å². The first-order valence-corrected chi connectivity index (χ1v) is 5.42. The standard InChI is InChI=1S/C14H20O/c1-5-14(4,15)10-12-6-8-13(9-7-12)11(2)3/h6-9,15H,2,5,10H2,1,3-4H3. The molecule has 1 rings (SSSR count). The maximum absolute atomic E-state index is 9.94. The maximum Gasteiger partial charge on any atom is 0.0657 e. The Bertz CT molecular complexity index is 333. The topological polar surface area (TPSA) is 20.2 Å². The normalized spacial score (nSPS) is 14.7. The summed E-state index contributed by atoms with van der Waals surface area (Å²) in [6.07, 6.45) is 1.48. The van der Waals surface area contributed by atoms with E-state index >= 15 is 0 Å². The fourth-order valence-corrected chi connectivity index (χ4v) is 1.47. The maximum atomic E-state index is 9.94. The average Bonchev–Trinajstić information content (AvgIpc) is 2.18. The van der Waals surface area contributed by atoms with Gasteiger partial charge >= 0.3 is 0 Å². The minimum absolute atomic E-state index is 0.593. The molecule has 1 nitrogen and oxygen atoms in total. The second-order valence-corrected chi connectivity index (χ2v) is 4.50. The summed E-state index contributed by atoms with van der Waals surface area (Å²) >= 11 is 0. The van der Waals surface area contributed by atoms with E-state index in [-0.39, 0.29) is 0 Å². The van der Waals surface area contributed by atoms with Crippen molar-refractivity contribution >= 4 is 5.57 Å². The van der Waals surface area contributed by atoms with Crippen LogP contribution >= 0.6 is 0 Å². The third-order valence-electron chi connectivity index (χ3n) is 2.79. The quantitative estimate of drug-likeness (QED) is 0.796. The van der Waals surface area contributed by atoms with Gasteiger partial charge in [0.05, 0.1) is 5.60 Å². The van der Waals surface area contributed by atoms with Crippen molar-refractivity contribution in [2.45, 2.75) is 39.2 Å². The van der Waals surface area contributed by atoms with Crippen LogP contribution < -0.4 is 0 Å². The SMILES string of the molecule is C=C(C)c1ccc(CC(C)(O)CC)cc1. The Kier molecular flexibility index (Phi) is 3.70. The average molecular weight is 204 g/mol. The summed E-state index contributed by atoms with van der Waals surface area (Å²) in [5, 5.41) is 9.94. The predicted octanol–water partition coefficient (Wildman–Crippen LogP) is 3.42. The van der Waals surface area contributed by atoms with Gasteiger partial charge < -0.3 is 5.11 Å². The molecular formula is C14H20O. The number of benzene rings is 1. The number of aliphatic hydroxyl groups is 1. The van der Waals surface area contributed by atoms with Crippen LogP contribution in [0.1, 0.15) is 38.3 Å². The van der Waals surface area contributed by atoms with E-state index < -0.39 is 5.60 Å². The van der Waals surface area contributed by atoms with Crippen molar-refractivity contribution in [3.05, 3.63) is 42.0 Å². The molecule has 1 aromatic rings. The fraction of sp³-hybridized carbons (Fsp3) is 0.429. The summed E-state index contributed by atoms with van der Waals surface area (Å²) in [6, 6.07) is 8.25. The van der Waals surface area contributed by atoms with Gasteiger partial charge in [-0.3, -0.25) is 0 Å². The van der Waals surface area contributed by atoms with Gasteiger partial charge in [-0.1, -0.05) is 43.3 Å². The zero-order valence-electron chi connectivity index (χ0n) is 9.88. The predicted molar refractivity (Wildman–Crippen MR) is 65.8 cm³/mol. The Balaban J connectivity index is 2.77. The lowest BCUT2D eigenvalue weighted by molar-refractivity contribution is 0.0564. The van der Waals surface area contributed by atoms with Gasteiger partial charge in [-0.15, -0.1) is 0 Å². The molecule has 0 fully saturated rings. The molecule has 0 spiro atoms. The molecule has 0 heterocycles. The first-order chi connectivity index (χ1) is 6.94. The zero-order valence-corrected chi connectivity index (χ0v) is 9.88. The summed E-state index contributed by atoms with van der Waals surface area (Å²) in [6.45, 7) is 9.77. The summed E-state index contributed by atoms with van der Waals surface area (Å²) in [5.74, 6) is 0. The van der Waals surface area contributed by atoms with E-state index in [1.165, 1.54) is 5.56 Å². The Morgan fingerprint density at radius 1 is 1.33 bits per heavy atom. The third-order valence-corrected chi connectivity index (χ3v) is 2.79. The van der Waals surface area contributed by atoms with Crippen molar-refractivity contribution in [2.24, 2.45) is 0 Å². The van der Waals surface area contributed by atoms with E-state index in [2.05, 4.69) is 30.8 Å². The van der Waals surface area contributed by atoms with Crippen molar-refractivity contribution < 1.29 is 5.11 Å². The molecule has 1 unspecified atom stereocenters. The molecule has 1 aromatic carbocycles. The molecule has 82 valence electrons. The van der Waals surface area contributed by atoms with Crippen molar-refractivity contribution in [1.29, 1.82) is 0 Å². The number of rotatable bonds is 4. The molecule has 0 aliphatic rings. The van der Waals surface area contributed by atoms with Crippen LogP contribution in [0.15, 0.2) is 30.8 Å². The molecule has 0 amide bonds. The second kappa shape index (κ2) is 4.63. The summed E-state index contributed by atoms with van der Waals surface area (Å²) < 4.78 is 0. The first kappa shape index (κ1) is 12.0. The fourth-order valence-electron chi connectivity index (χ4n) is 1.47. The molecular weight excluding hydrogens is 184 g/mol. The lowest BCUT2D eigenvalue weighted by atomic mass is 9.93. The summed E-state index contributed by atoms with van der Waals surface area (Å²) in [7, 11) is 0. The van der Waals surface area contributed by atoms with E-state index in [9.17, 15) is 5.11 Å². The summed E-state index contributed by atoms with van der Waals surface area (Å²) in [4.78, 5) is 0. The van der Waals surface area contributed by atoms with Crippen molar-refractivity contribution in [3.63, 3.8) is 0 Å². The third kappa shape index (κ3) is 3.52. The lowest BCUT2D eigenvalue weighted by Crippen LogP contribution is -2.25. The Morgan fingerprint density at radius 2 is 1.87 bits per heavy atom. The van der Waals surface area contributed by atoms with Gasteiger partial charge in [-0.25, -0.2) is 0 Å². The van der Waals surface area contributed by atoms with Crippen LogP contribution in [0.3, 0.4) is 0 Å².